The first-order chi connectivity index (χ1) is 7.47. The Morgan fingerprint density at radius 1 is 1.19 bits per heavy atom. The second-order valence-electron chi connectivity index (χ2n) is 5.94. The van der Waals surface area contributed by atoms with Crippen LogP contribution in [0.4, 0.5) is 0 Å². The molecule has 1 aliphatic rings. The van der Waals surface area contributed by atoms with Gasteiger partial charge in [-0.2, -0.15) is 0 Å². The van der Waals surface area contributed by atoms with Gasteiger partial charge in [-0.05, 0) is 45.2 Å². The van der Waals surface area contributed by atoms with Gasteiger partial charge in [0.15, 0.2) is 0 Å². The van der Waals surface area contributed by atoms with Crippen molar-refractivity contribution in [1.82, 2.24) is 10.2 Å². The van der Waals surface area contributed by atoms with E-state index in [1.165, 1.54) is 19.3 Å². The maximum Gasteiger partial charge on any atom is 0.0791 e. The zero-order valence-electron chi connectivity index (χ0n) is 11.2. The van der Waals surface area contributed by atoms with Gasteiger partial charge in [0.1, 0.15) is 0 Å². The first-order valence-electron chi connectivity index (χ1n) is 6.53. The lowest BCUT2D eigenvalue weighted by Crippen LogP contribution is -2.42. The van der Waals surface area contributed by atoms with Gasteiger partial charge in [0.25, 0.3) is 0 Å². The molecule has 0 aromatic heterocycles. The van der Waals surface area contributed by atoms with Crippen LogP contribution in [-0.2, 0) is 0 Å². The largest absolute Gasteiger partial charge is 0.390 e. The molecule has 0 aromatic carbocycles. The third-order valence-electron chi connectivity index (χ3n) is 3.40. The summed E-state index contributed by atoms with van der Waals surface area (Å²) >= 11 is 0. The number of rotatable bonds is 5. The molecule has 0 spiro atoms. The Balaban J connectivity index is 2.21. The average Bonchev–Trinajstić information content (AvgIpc) is 2.12. The molecule has 16 heavy (non-hydrogen) atoms. The van der Waals surface area contributed by atoms with E-state index >= 15 is 0 Å². The molecular formula is C13H28N2O. The Hall–Kier alpha value is -0.120. The summed E-state index contributed by atoms with van der Waals surface area (Å²) in [6, 6.07) is 0.607. The standard InChI is InChI=1S/C13H28N2O/c1-10-5-11(2)7-12(6-10)14-8-13(16)9-15(3)4/h10-14,16H,5-9H2,1-4H3. The van der Waals surface area contributed by atoms with Gasteiger partial charge in [0, 0.05) is 19.1 Å². The van der Waals surface area contributed by atoms with Crippen molar-refractivity contribution >= 4 is 0 Å². The fourth-order valence-corrected chi connectivity index (χ4v) is 2.90. The van der Waals surface area contributed by atoms with Crippen molar-refractivity contribution in [1.29, 1.82) is 0 Å². The quantitative estimate of drug-likeness (QED) is 0.745. The summed E-state index contributed by atoms with van der Waals surface area (Å²) in [7, 11) is 3.99. The molecule has 2 N–H and O–H groups in total. The molecule has 1 rings (SSSR count). The monoisotopic (exact) mass is 228 g/mol. The van der Waals surface area contributed by atoms with Crippen molar-refractivity contribution in [3.63, 3.8) is 0 Å². The van der Waals surface area contributed by atoms with Gasteiger partial charge in [0.05, 0.1) is 6.10 Å². The predicted octanol–water partition coefficient (Wildman–Crippen LogP) is 1.32. The van der Waals surface area contributed by atoms with E-state index in [1.807, 2.05) is 19.0 Å². The maximum absolute atomic E-state index is 9.78. The molecule has 0 amide bonds. The molecule has 0 aromatic rings. The number of aliphatic hydroxyl groups is 1. The van der Waals surface area contributed by atoms with Gasteiger partial charge in [-0.1, -0.05) is 13.8 Å². The second-order valence-corrected chi connectivity index (χ2v) is 5.94. The molecule has 3 nitrogen and oxygen atoms in total. The van der Waals surface area contributed by atoms with Gasteiger partial charge in [-0.25, -0.2) is 0 Å². The van der Waals surface area contributed by atoms with E-state index in [2.05, 4.69) is 19.2 Å². The Bertz CT molecular complexity index is 186. The third-order valence-corrected chi connectivity index (χ3v) is 3.40. The molecule has 96 valence electrons. The molecule has 1 saturated carbocycles. The van der Waals surface area contributed by atoms with Gasteiger partial charge >= 0.3 is 0 Å². The normalized spacial score (nSPS) is 33.0. The molecule has 1 fully saturated rings. The van der Waals surface area contributed by atoms with E-state index < -0.39 is 0 Å². The Kier molecular flexibility index (Phi) is 5.73. The number of aliphatic hydroxyl groups excluding tert-OH is 1. The summed E-state index contributed by atoms with van der Waals surface area (Å²) in [5.41, 5.74) is 0. The van der Waals surface area contributed by atoms with Gasteiger partial charge in [0.2, 0.25) is 0 Å². The summed E-state index contributed by atoms with van der Waals surface area (Å²) in [5.74, 6) is 1.65. The summed E-state index contributed by atoms with van der Waals surface area (Å²) < 4.78 is 0. The van der Waals surface area contributed by atoms with Crippen molar-refractivity contribution in [2.24, 2.45) is 11.8 Å². The molecule has 0 heterocycles. The fraction of sp³-hybridized carbons (Fsp3) is 1.00. The van der Waals surface area contributed by atoms with Gasteiger partial charge < -0.3 is 15.3 Å². The first kappa shape index (κ1) is 13.9. The predicted molar refractivity (Wildman–Crippen MR) is 68.5 cm³/mol. The smallest absolute Gasteiger partial charge is 0.0791 e. The third kappa shape index (κ3) is 5.28. The topological polar surface area (TPSA) is 35.5 Å². The molecular weight excluding hydrogens is 200 g/mol. The van der Waals surface area contributed by atoms with Crippen molar-refractivity contribution in [3.05, 3.63) is 0 Å². The van der Waals surface area contributed by atoms with E-state index in [0.29, 0.717) is 6.04 Å². The van der Waals surface area contributed by atoms with E-state index in [-0.39, 0.29) is 6.10 Å². The summed E-state index contributed by atoms with van der Waals surface area (Å²) in [6.45, 7) is 6.13. The van der Waals surface area contributed by atoms with Crippen LogP contribution in [0, 0.1) is 11.8 Å². The van der Waals surface area contributed by atoms with Crippen LogP contribution < -0.4 is 5.32 Å². The Morgan fingerprint density at radius 3 is 2.25 bits per heavy atom. The molecule has 0 aliphatic heterocycles. The Morgan fingerprint density at radius 2 is 1.75 bits per heavy atom. The minimum absolute atomic E-state index is 0.248. The lowest BCUT2D eigenvalue weighted by Gasteiger charge is -2.32. The first-order valence-corrected chi connectivity index (χ1v) is 6.53. The van der Waals surface area contributed by atoms with Crippen molar-refractivity contribution < 1.29 is 5.11 Å². The van der Waals surface area contributed by atoms with Crippen molar-refractivity contribution in [2.45, 2.75) is 45.3 Å². The van der Waals surface area contributed by atoms with Crippen LogP contribution >= 0.6 is 0 Å². The van der Waals surface area contributed by atoms with Gasteiger partial charge in [-0.3, -0.25) is 0 Å². The highest BCUT2D eigenvalue weighted by Gasteiger charge is 2.23. The van der Waals surface area contributed by atoms with Crippen LogP contribution in [0.1, 0.15) is 33.1 Å². The van der Waals surface area contributed by atoms with Crippen molar-refractivity contribution in [3.8, 4) is 0 Å². The highest BCUT2D eigenvalue weighted by molar-refractivity contribution is 4.80. The Labute approximate surface area is 100 Å². The van der Waals surface area contributed by atoms with Crippen LogP contribution in [0.2, 0.25) is 0 Å². The zero-order valence-corrected chi connectivity index (χ0v) is 11.2. The van der Waals surface area contributed by atoms with E-state index in [0.717, 1.165) is 24.9 Å². The van der Waals surface area contributed by atoms with Crippen LogP contribution in [0.3, 0.4) is 0 Å². The highest BCUT2D eigenvalue weighted by Crippen LogP contribution is 2.28. The van der Waals surface area contributed by atoms with Gasteiger partial charge in [-0.15, -0.1) is 0 Å². The van der Waals surface area contributed by atoms with Crippen LogP contribution in [0.5, 0.6) is 0 Å². The number of hydrogen-bond donors (Lipinski definition) is 2. The lowest BCUT2D eigenvalue weighted by molar-refractivity contribution is 0.123. The number of hydrogen-bond acceptors (Lipinski definition) is 3. The second kappa shape index (κ2) is 6.58. The van der Waals surface area contributed by atoms with Crippen LogP contribution in [0.25, 0.3) is 0 Å². The zero-order chi connectivity index (χ0) is 12.1. The van der Waals surface area contributed by atoms with Crippen LogP contribution in [-0.4, -0.2) is 49.3 Å². The molecule has 3 heteroatoms. The number of nitrogens with zero attached hydrogens (tertiary/aromatic N) is 1. The van der Waals surface area contributed by atoms with E-state index in [1.54, 1.807) is 0 Å². The molecule has 3 unspecified atom stereocenters. The molecule has 1 aliphatic carbocycles. The molecule has 0 radical (unpaired) electrons. The number of likely N-dealkylation sites (N-methyl/N-ethyl adjacent to an activating group) is 1. The highest BCUT2D eigenvalue weighted by atomic mass is 16.3. The SMILES string of the molecule is CC1CC(C)CC(NCC(O)CN(C)C)C1. The maximum atomic E-state index is 9.78. The summed E-state index contributed by atoms with van der Waals surface area (Å²) in [4.78, 5) is 2.03. The summed E-state index contributed by atoms with van der Waals surface area (Å²) in [5, 5.41) is 13.3. The minimum Gasteiger partial charge on any atom is -0.390 e. The van der Waals surface area contributed by atoms with Crippen molar-refractivity contribution in [2.75, 3.05) is 27.2 Å². The average molecular weight is 228 g/mol. The number of nitrogens with one attached hydrogen (secondary N) is 1. The fourth-order valence-electron chi connectivity index (χ4n) is 2.90. The minimum atomic E-state index is -0.248. The summed E-state index contributed by atoms with van der Waals surface area (Å²) in [6.07, 6.45) is 3.64. The van der Waals surface area contributed by atoms with E-state index in [4.69, 9.17) is 0 Å². The molecule has 3 atom stereocenters. The van der Waals surface area contributed by atoms with Crippen LogP contribution in [0.15, 0.2) is 0 Å². The van der Waals surface area contributed by atoms with E-state index in [9.17, 15) is 5.11 Å². The molecule has 0 bridgehead atoms. The lowest BCUT2D eigenvalue weighted by atomic mass is 9.80. The molecule has 0 saturated heterocycles.